The lowest BCUT2D eigenvalue weighted by molar-refractivity contribution is -0.148. The van der Waals surface area contributed by atoms with Crippen molar-refractivity contribution in [3.05, 3.63) is 0 Å². The van der Waals surface area contributed by atoms with Crippen molar-refractivity contribution < 1.29 is 9.53 Å². The molecule has 0 aromatic carbocycles. The normalized spacial score (nSPS) is 20.2. The zero-order valence-corrected chi connectivity index (χ0v) is 8.72. The summed E-state index contributed by atoms with van der Waals surface area (Å²) in [7, 11) is 0. The zero-order valence-electron chi connectivity index (χ0n) is 7.96. The summed E-state index contributed by atoms with van der Waals surface area (Å²) in [6, 6.07) is 0. The summed E-state index contributed by atoms with van der Waals surface area (Å²) < 4.78 is 5.14. The topological polar surface area (TPSA) is 29.5 Å². The predicted molar refractivity (Wildman–Crippen MR) is 51.9 cm³/mol. The van der Waals surface area contributed by atoms with E-state index in [1.165, 1.54) is 0 Å². The first kappa shape index (κ1) is 10.8. The molecule has 0 N–H and O–H groups in total. The summed E-state index contributed by atoms with van der Waals surface area (Å²) in [5, 5.41) is 0. The van der Waals surface area contributed by atoms with Gasteiger partial charge in [0.25, 0.3) is 0 Å². The molecule has 0 spiro atoms. The van der Waals surface area contributed by atoms with E-state index in [0.717, 1.165) is 32.5 Å². The van der Waals surface area contributed by atoms with Gasteiger partial charge in [0.1, 0.15) is 12.0 Å². The quantitative estimate of drug-likeness (QED) is 0.513. The lowest BCUT2D eigenvalue weighted by Gasteiger charge is -2.30. The Bertz CT molecular complexity index is 167. The molecule has 0 bridgehead atoms. The van der Waals surface area contributed by atoms with Crippen LogP contribution in [0.1, 0.15) is 19.8 Å². The molecule has 4 heteroatoms. The minimum absolute atomic E-state index is 0.0337. The van der Waals surface area contributed by atoms with Crippen LogP contribution in [0.3, 0.4) is 0 Å². The first-order valence-electron chi connectivity index (χ1n) is 4.74. The maximum atomic E-state index is 10.9. The van der Waals surface area contributed by atoms with Gasteiger partial charge in [0.15, 0.2) is 0 Å². The van der Waals surface area contributed by atoms with Crippen LogP contribution in [0.5, 0.6) is 0 Å². The minimum atomic E-state index is -0.295. The number of hydrogen-bond donors (Lipinski definition) is 0. The molecule has 1 aliphatic rings. The van der Waals surface area contributed by atoms with Crippen LogP contribution >= 0.6 is 11.6 Å². The fourth-order valence-corrected chi connectivity index (χ4v) is 1.62. The van der Waals surface area contributed by atoms with Gasteiger partial charge in [-0.15, -0.1) is 11.6 Å². The third-order valence-corrected chi connectivity index (χ3v) is 2.61. The van der Waals surface area contributed by atoms with Gasteiger partial charge in [0.2, 0.25) is 0 Å². The number of carbonyl (C=O) groups is 1. The Morgan fingerprint density at radius 1 is 1.54 bits per heavy atom. The molecule has 76 valence electrons. The van der Waals surface area contributed by atoms with E-state index in [0.29, 0.717) is 0 Å². The molecule has 0 aromatic heterocycles. The number of alkyl halides is 1. The van der Waals surface area contributed by atoms with Gasteiger partial charge in [0, 0.05) is 13.1 Å². The molecule has 0 amide bonds. The highest BCUT2D eigenvalue weighted by Crippen LogP contribution is 2.13. The van der Waals surface area contributed by atoms with E-state index >= 15 is 0 Å². The number of piperidine rings is 1. The van der Waals surface area contributed by atoms with E-state index in [2.05, 4.69) is 11.8 Å². The third-order valence-electron chi connectivity index (χ3n) is 2.39. The van der Waals surface area contributed by atoms with Crippen LogP contribution in [0, 0.1) is 0 Å². The first-order chi connectivity index (χ1) is 6.26. The van der Waals surface area contributed by atoms with Crippen LogP contribution in [-0.2, 0) is 9.53 Å². The van der Waals surface area contributed by atoms with Crippen LogP contribution in [-0.4, -0.2) is 42.5 Å². The van der Waals surface area contributed by atoms with E-state index in [1.807, 2.05) is 0 Å². The largest absolute Gasteiger partial charge is 0.461 e. The Labute approximate surface area is 84.0 Å². The van der Waals surface area contributed by atoms with Gasteiger partial charge in [0.05, 0.1) is 0 Å². The van der Waals surface area contributed by atoms with E-state index < -0.39 is 0 Å². The maximum Gasteiger partial charge on any atom is 0.321 e. The Morgan fingerprint density at radius 2 is 2.15 bits per heavy atom. The molecule has 0 atom stereocenters. The molecule has 0 saturated carbocycles. The minimum Gasteiger partial charge on any atom is -0.461 e. The van der Waals surface area contributed by atoms with Crippen molar-refractivity contribution in [2.45, 2.75) is 25.9 Å². The monoisotopic (exact) mass is 205 g/mol. The van der Waals surface area contributed by atoms with Crippen molar-refractivity contribution in [3.8, 4) is 0 Å². The second-order valence-corrected chi connectivity index (χ2v) is 3.52. The van der Waals surface area contributed by atoms with Crippen molar-refractivity contribution in [2.75, 3.05) is 25.5 Å². The molecular formula is C9H16ClNO2. The number of ether oxygens (including phenoxy) is 1. The molecule has 3 nitrogen and oxygen atoms in total. The summed E-state index contributed by atoms with van der Waals surface area (Å²) in [5.41, 5.74) is 0. The summed E-state index contributed by atoms with van der Waals surface area (Å²) >= 11 is 5.34. The van der Waals surface area contributed by atoms with Crippen LogP contribution < -0.4 is 0 Å². The first-order valence-corrected chi connectivity index (χ1v) is 5.27. The highest BCUT2D eigenvalue weighted by molar-refractivity contribution is 6.26. The van der Waals surface area contributed by atoms with Crippen molar-refractivity contribution in [1.82, 2.24) is 4.90 Å². The lowest BCUT2D eigenvalue weighted by atomic mass is 10.1. The Balaban J connectivity index is 2.21. The Kier molecular flexibility index (Phi) is 4.53. The molecule has 1 rings (SSSR count). The Hall–Kier alpha value is -0.280. The average molecular weight is 206 g/mol. The van der Waals surface area contributed by atoms with Crippen LogP contribution in [0.15, 0.2) is 0 Å². The lowest BCUT2D eigenvalue weighted by Crippen LogP contribution is -2.37. The number of hydrogen-bond acceptors (Lipinski definition) is 3. The third kappa shape index (κ3) is 3.53. The molecule has 1 heterocycles. The number of rotatable bonds is 3. The van der Waals surface area contributed by atoms with Crippen molar-refractivity contribution in [2.24, 2.45) is 0 Å². The van der Waals surface area contributed by atoms with Crippen molar-refractivity contribution in [1.29, 1.82) is 0 Å². The zero-order chi connectivity index (χ0) is 9.68. The summed E-state index contributed by atoms with van der Waals surface area (Å²) in [6.07, 6.45) is 1.97. The SMILES string of the molecule is CCN1CCC(OC(=O)CCl)CC1. The molecule has 0 aliphatic carbocycles. The van der Waals surface area contributed by atoms with E-state index in [4.69, 9.17) is 16.3 Å². The fourth-order valence-electron chi connectivity index (χ4n) is 1.56. The van der Waals surface area contributed by atoms with Crippen LogP contribution in [0.25, 0.3) is 0 Å². The number of halogens is 1. The van der Waals surface area contributed by atoms with Crippen LogP contribution in [0.2, 0.25) is 0 Å². The molecule has 0 aromatic rings. The Morgan fingerprint density at radius 3 is 2.62 bits per heavy atom. The number of esters is 1. The van der Waals surface area contributed by atoms with Gasteiger partial charge < -0.3 is 9.64 Å². The second-order valence-electron chi connectivity index (χ2n) is 3.26. The highest BCUT2D eigenvalue weighted by atomic mass is 35.5. The van der Waals surface area contributed by atoms with E-state index in [-0.39, 0.29) is 18.0 Å². The summed E-state index contributed by atoms with van der Waals surface area (Å²) in [6.45, 7) is 5.27. The standard InChI is InChI=1S/C9H16ClNO2/c1-2-11-5-3-8(4-6-11)13-9(12)7-10/h8H,2-7H2,1H3. The fraction of sp³-hybridized carbons (Fsp3) is 0.889. The molecule has 1 saturated heterocycles. The van der Waals surface area contributed by atoms with Gasteiger partial charge in [-0.2, -0.15) is 0 Å². The smallest absolute Gasteiger partial charge is 0.321 e. The van der Waals surface area contributed by atoms with Gasteiger partial charge >= 0.3 is 5.97 Å². The number of carbonyl (C=O) groups excluding carboxylic acids is 1. The molecule has 1 aliphatic heterocycles. The van der Waals surface area contributed by atoms with E-state index in [1.54, 1.807) is 0 Å². The van der Waals surface area contributed by atoms with Gasteiger partial charge in [-0.05, 0) is 19.4 Å². The molecular weight excluding hydrogens is 190 g/mol. The van der Waals surface area contributed by atoms with Gasteiger partial charge in [-0.25, -0.2) is 0 Å². The van der Waals surface area contributed by atoms with Gasteiger partial charge in [-0.3, -0.25) is 4.79 Å². The summed E-state index contributed by atoms with van der Waals surface area (Å²) in [4.78, 5) is 13.2. The molecule has 0 radical (unpaired) electrons. The number of nitrogens with zero attached hydrogens (tertiary/aromatic N) is 1. The number of likely N-dealkylation sites (tertiary alicyclic amines) is 1. The highest BCUT2D eigenvalue weighted by Gasteiger charge is 2.20. The second kappa shape index (κ2) is 5.45. The van der Waals surface area contributed by atoms with E-state index in [9.17, 15) is 4.79 Å². The maximum absolute atomic E-state index is 10.9. The molecule has 0 unspecified atom stereocenters. The van der Waals surface area contributed by atoms with Crippen molar-refractivity contribution in [3.63, 3.8) is 0 Å². The van der Waals surface area contributed by atoms with Crippen LogP contribution in [0.4, 0.5) is 0 Å². The van der Waals surface area contributed by atoms with Crippen molar-refractivity contribution >= 4 is 17.6 Å². The average Bonchev–Trinajstić information content (AvgIpc) is 2.19. The summed E-state index contributed by atoms with van der Waals surface area (Å²) in [5.74, 6) is -0.329. The van der Waals surface area contributed by atoms with Gasteiger partial charge in [-0.1, -0.05) is 6.92 Å². The molecule has 13 heavy (non-hydrogen) atoms. The predicted octanol–water partition coefficient (Wildman–Crippen LogP) is 1.25. The molecule has 1 fully saturated rings.